The summed E-state index contributed by atoms with van der Waals surface area (Å²) in [5.41, 5.74) is 1.55. The number of nitrogens with one attached hydrogen (secondary N) is 2. The number of benzene rings is 1. The van der Waals surface area contributed by atoms with Crippen LogP contribution in [-0.2, 0) is 24.2 Å². The van der Waals surface area contributed by atoms with Crippen molar-refractivity contribution in [1.29, 1.82) is 0 Å². The summed E-state index contributed by atoms with van der Waals surface area (Å²) in [6.07, 6.45) is 4.93. The molecule has 4 rings (SSSR count). The first-order valence-corrected chi connectivity index (χ1v) is 9.96. The maximum Gasteiger partial charge on any atom is 0.226 e. The molecule has 0 spiro atoms. The third-order valence-corrected chi connectivity index (χ3v) is 6.18. The molecular weight excluding hydrogens is 392 g/mol. The van der Waals surface area contributed by atoms with Crippen LogP contribution >= 0.6 is 23.8 Å². The van der Waals surface area contributed by atoms with E-state index in [0.29, 0.717) is 17.7 Å². The normalized spacial score (nSPS) is 19.4. The van der Waals surface area contributed by atoms with Crippen LogP contribution in [0, 0.1) is 16.4 Å². The fourth-order valence-electron chi connectivity index (χ4n) is 4.26. The van der Waals surface area contributed by atoms with Crippen molar-refractivity contribution in [3.63, 3.8) is 0 Å². The lowest BCUT2D eigenvalue weighted by Crippen LogP contribution is -2.34. The first kappa shape index (κ1) is 18.6. The summed E-state index contributed by atoms with van der Waals surface area (Å²) < 4.78 is 31.0. The quantitative estimate of drug-likeness (QED) is 0.578. The number of nitrogens with zero attached hydrogens (tertiary/aromatic N) is 1. The van der Waals surface area contributed by atoms with E-state index in [4.69, 9.17) is 23.8 Å². The van der Waals surface area contributed by atoms with Crippen LogP contribution in [0.2, 0.25) is 5.02 Å². The van der Waals surface area contributed by atoms with Crippen LogP contribution in [-0.4, -0.2) is 21.5 Å². The minimum atomic E-state index is -0.720. The molecule has 2 aliphatic rings. The number of fused-ring (bicyclic) bond motifs is 1. The number of carbonyl (C=O) groups is 1. The number of amides is 1. The van der Waals surface area contributed by atoms with Gasteiger partial charge in [0.15, 0.2) is 4.77 Å². The Bertz CT molecular complexity index is 949. The molecule has 0 unspecified atom stereocenters. The first-order chi connectivity index (χ1) is 12.9. The maximum absolute atomic E-state index is 14.4. The van der Waals surface area contributed by atoms with Crippen molar-refractivity contribution in [3.8, 4) is 0 Å². The van der Waals surface area contributed by atoms with E-state index < -0.39 is 17.6 Å². The number of rotatable bonds is 4. The van der Waals surface area contributed by atoms with Crippen LogP contribution in [0.1, 0.15) is 48.6 Å². The molecule has 1 aromatic heterocycles. The molecule has 4 nitrogen and oxygen atoms in total. The Hall–Kier alpha value is -1.73. The van der Waals surface area contributed by atoms with Gasteiger partial charge in [-0.25, -0.2) is 8.78 Å². The molecule has 0 saturated heterocycles. The third-order valence-electron chi connectivity index (χ3n) is 5.57. The Kier molecular flexibility index (Phi) is 5.07. The maximum atomic E-state index is 14.4. The van der Waals surface area contributed by atoms with Gasteiger partial charge >= 0.3 is 0 Å². The summed E-state index contributed by atoms with van der Waals surface area (Å²) >= 11 is 11.2. The lowest BCUT2D eigenvalue weighted by molar-refractivity contribution is -0.121. The highest BCUT2D eigenvalue weighted by atomic mass is 35.5. The van der Waals surface area contributed by atoms with E-state index in [1.54, 1.807) is 0 Å². The van der Waals surface area contributed by atoms with Crippen molar-refractivity contribution >= 4 is 29.7 Å². The Morgan fingerprint density at radius 2 is 2.07 bits per heavy atom. The molecule has 27 heavy (non-hydrogen) atoms. The van der Waals surface area contributed by atoms with Crippen molar-refractivity contribution in [1.82, 2.24) is 14.9 Å². The molecule has 1 fully saturated rings. The second-order valence-corrected chi connectivity index (χ2v) is 8.14. The Labute approximate surface area is 165 Å². The van der Waals surface area contributed by atoms with Gasteiger partial charge in [-0.2, -0.15) is 0 Å². The number of imidazole rings is 1. The van der Waals surface area contributed by atoms with Crippen molar-refractivity contribution in [2.24, 2.45) is 0 Å². The van der Waals surface area contributed by atoms with Crippen molar-refractivity contribution in [3.05, 3.63) is 50.5 Å². The smallest absolute Gasteiger partial charge is 0.226 e. The number of aromatic amines is 1. The second kappa shape index (κ2) is 7.36. The number of hydrogen-bond donors (Lipinski definition) is 2. The average molecular weight is 412 g/mol. The van der Waals surface area contributed by atoms with Gasteiger partial charge in [0.2, 0.25) is 5.91 Å². The monoisotopic (exact) mass is 411 g/mol. The fourth-order valence-corrected chi connectivity index (χ4v) is 4.74. The van der Waals surface area contributed by atoms with Crippen LogP contribution in [0.25, 0.3) is 0 Å². The predicted octanol–water partition coefficient (Wildman–Crippen LogP) is 4.42. The molecule has 2 aromatic rings. The van der Waals surface area contributed by atoms with Gasteiger partial charge in [0.1, 0.15) is 11.6 Å². The number of aromatic nitrogens is 2. The van der Waals surface area contributed by atoms with Crippen molar-refractivity contribution in [2.75, 3.05) is 0 Å². The fraction of sp³-hybridized carbons (Fsp3) is 0.474. The Balaban J connectivity index is 1.55. The summed E-state index contributed by atoms with van der Waals surface area (Å²) in [6.45, 7) is 0.364. The Morgan fingerprint density at radius 3 is 2.81 bits per heavy atom. The average Bonchev–Trinajstić information content (AvgIpc) is 3.32. The molecule has 1 aliphatic carbocycles. The van der Waals surface area contributed by atoms with E-state index in [-0.39, 0.29) is 29.0 Å². The van der Waals surface area contributed by atoms with Crippen LogP contribution < -0.4 is 5.32 Å². The number of carbonyl (C=O) groups excluding carboxylic acids is 1. The standard InChI is InChI=1S/C19H20ClF2N3OS/c20-12-5-6-13(21)17(18(12)22)10-7-15-14(24-19(27)25(15)9-10)8-16(26)23-11-3-1-2-4-11/h5-6,10-11H,1-4,7-9H2,(H,23,26)(H,24,27)/t10-/m1/s1. The molecule has 144 valence electrons. The molecule has 0 bridgehead atoms. The van der Waals surface area contributed by atoms with Gasteiger partial charge in [-0.15, -0.1) is 0 Å². The lowest BCUT2D eigenvalue weighted by Gasteiger charge is -2.13. The van der Waals surface area contributed by atoms with Crippen LogP contribution in [0.15, 0.2) is 12.1 Å². The molecule has 1 aliphatic heterocycles. The van der Waals surface area contributed by atoms with E-state index in [1.807, 2.05) is 4.57 Å². The summed E-state index contributed by atoms with van der Waals surface area (Å²) in [5, 5.41) is 2.96. The van der Waals surface area contributed by atoms with Gasteiger partial charge < -0.3 is 14.9 Å². The van der Waals surface area contributed by atoms with E-state index in [9.17, 15) is 13.6 Å². The van der Waals surface area contributed by atoms with E-state index in [2.05, 4.69) is 10.3 Å². The molecular formula is C19H20ClF2N3OS. The molecule has 1 amide bonds. The second-order valence-electron chi connectivity index (χ2n) is 7.35. The predicted molar refractivity (Wildman–Crippen MR) is 102 cm³/mol. The molecule has 8 heteroatoms. The summed E-state index contributed by atoms with van der Waals surface area (Å²) in [6, 6.07) is 2.65. The van der Waals surface area contributed by atoms with Gasteiger partial charge in [0, 0.05) is 35.5 Å². The molecule has 0 radical (unpaired) electrons. The zero-order chi connectivity index (χ0) is 19.1. The summed E-state index contributed by atoms with van der Waals surface area (Å²) in [7, 11) is 0. The number of H-pyrrole nitrogens is 1. The highest BCUT2D eigenvalue weighted by molar-refractivity contribution is 7.71. The minimum absolute atomic E-state index is 0.0121. The van der Waals surface area contributed by atoms with Crippen LogP contribution in [0.3, 0.4) is 0 Å². The molecule has 1 aromatic carbocycles. The molecule has 2 heterocycles. The van der Waals surface area contributed by atoms with E-state index in [0.717, 1.165) is 37.1 Å². The molecule has 2 N–H and O–H groups in total. The summed E-state index contributed by atoms with van der Waals surface area (Å²) in [5.74, 6) is -1.78. The first-order valence-electron chi connectivity index (χ1n) is 9.17. The largest absolute Gasteiger partial charge is 0.353 e. The van der Waals surface area contributed by atoms with Crippen LogP contribution in [0.5, 0.6) is 0 Å². The molecule has 1 atom stereocenters. The molecule has 1 saturated carbocycles. The number of halogens is 3. The van der Waals surface area contributed by atoms with Gasteiger partial charge in [-0.3, -0.25) is 4.79 Å². The third kappa shape index (κ3) is 3.55. The van der Waals surface area contributed by atoms with Crippen LogP contribution in [0.4, 0.5) is 8.78 Å². The van der Waals surface area contributed by atoms with Gasteiger partial charge in [0.25, 0.3) is 0 Å². The van der Waals surface area contributed by atoms with Gasteiger partial charge in [0.05, 0.1) is 11.4 Å². The van der Waals surface area contributed by atoms with E-state index >= 15 is 0 Å². The highest BCUT2D eigenvalue weighted by Crippen LogP contribution is 2.36. The topological polar surface area (TPSA) is 49.8 Å². The van der Waals surface area contributed by atoms with Crippen molar-refractivity contribution in [2.45, 2.75) is 57.0 Å². The lowest BCUT2D eigenvalue weighted by atomic mass is 9.95. The Morgan fingerprint density at radius 1 is 1.33 bits per heavy atom. The highest BCUT2D eigenvalue weighted by Gasteiger charge is 2.32. The zero-order valence-electron chi connectivity index (χ0n) is 14.7. The van der Waals surface area contributed by atoms with Gasteiger partial charge in [-0.1, -0.05) is 24.4 Å². The van der Waals surface area contributed by atoms with Gasteiger partial charge in [-0.05, 0) is 43.6 Å². The van der Waals surface area contributed by atoms with Crippen molar-refractivity contribution < 1.29 is 13.6 Å². The minimum Gasteiger partial charge on any atom is -0.353 e. The number of hydrogen-bond acceptors (Lipinski definition) is 2. The summed E-state index contributed by atoms with van der Waals surface area (Å²) in [4.78, 5) is 15.5. The van der Waals surface area contributed by atoms with E-state index in [1.165, 1.54) is 12.1 Å². The zero-order valence-corrected chi connectivity index (χ0v) is 16.2. The SMILES string of the molecule is O=C(Cc1[nH]c(=S)n2c1C[C@@H](c1c(F)ccc(Cl)c1F)C2)NC1CCCC1.